The Morgan fingerprint density at radius 1 is 1.11 bits per heavy atom. The van der Waals surface area contributed by atoms with E-state index in [1.54, 1.807) is 18.4 Å². The van der Waals surface area contributed by atoms with Crippen molar-refractivity contribution in [1.82, 2.24) is 19.7 Å². The zero-order chi connectivity index (χ0) is 25.6. The standard InChI is InChI=1S/C27H27N5O3S/c1-6-19(27(33)34)24-25-31-30-16(4)32(25)26-22(14(2)15(3)36-26)23(29-24)18-12-10-17(11-13-18)20-8-7-9-21(28-20)35-5/h7-13,19,24H,6H2,1-5H3,(H,33,34)/t19-,24?/m0/s1. The molecule has 1 N–H and O–H groups in total. The Bertz CT molecular complexity index is 1490. The summed E-state index contributed by atoms with van der Waals surface area (Å²) in [6, 6.07) is 13.0. The number of hydrogen-bond donors (Lipinski definition) is 1. The number of methoxy groups -OCH3 is 1. The lowest BCUT2D eigenvalue weighted by Gasteiger charge is -2.18. The van der Waals surface area contributed by atoms with E-state index in [4.69, 9.17) is 9.73 Å². The minimum Gasteiger partial charge on any atom is -0.481 e. The summed E-state index contributed by atoms with van der Waals surface area (Å²) in [7, 11) is 1.60. The van der Waals surface area contributed by atoms with Crippen molar-refractivity contribution in [3.63, 3.8) is 0 Å². The molecule has 0 bridgehead atoms. The highest BCUT2D eigenvalue weighted by molar-refractivity contribution is 7.15. The Morgan fingerprint density at radius 3 is 2.50 bits per heavy atom. The van der Waals surface area contributed by atoms with Crippen molar-refractivity contribution in [2.75, 3.05) is 7.11 Å². The topological polar surface area (TPSA) is 102 Å². The first-order valence-electron chi connectivity index (χ1n) is 11.8. The Kier molecular flexibility index (Phi) is 6.17. The van der Waals surface area contributed by atoms with Gasteiger partial charge in [-0.2, -0.15) is 0 Å². The number of fused-ring (bicyclic) bond motifs is 3. The van der Waals surface area contributed by atoms with Gasteiger partial charge in [-0.15, -0.1) is 21.5 Å². The number of aliphatic carboxylic acids is 1. The molecule has 0 saturated heterocycles. The molecule has 0 radical (unpaired) electrons. The highest BCUT2D eigenvalue weighted by Crippen LogP contribution is 2.41. The molecule has 9 heteroatoms. The third kappa shape index (κ3) is 3.89. The summed E-state index contributed by atoms with van der Waals surface area (Å²) in [6.07, 6.45) is 0.425. The Balaban J connectivity index is 1.70. The summed E-state index contributed by atoms with van der Waals surface area (Å²) in [4.78, 5) is 23.1. The summed E-state index contributed by atoms with van der Waals surface area (Å²) in [5, 5.41) is 19.7. The van der Waals surface area contributed by atoms with Crippen LogP contribution in [0.25, 0.3) is 16.3 Å². The number of ether oxygens (including phenoxy) is 1. The number of rotatable bonds is 6. The van der Waals surface area contributed by atoms with E-state index >= 15 is 0 Å². The van der Waals surface area contributed by atoms with Crippen molar-refractivity contribution in [2.24, 2.45) is 10.9 Å². The van der Waals surface area contributed by atoms with Gasteiger partial charge in [0.05, 0.1) is 24.4 Å². The summed E-state index contributed by atoms with van der Waals surface area (Å²) >= 11 is 1.65. The van der Waals surface area contributed by atoms with Gasteiger partial charge in [-0.25, -0.2) is 4.98 Å². The highest BCUT2D eigenvalue weighted by atomic mass is 32.1. The van der Waals surface area contributed by atoms with Crippen LogP contribution in [0.4, 0.5) is 0 Å². The number of nitrogens with zero attached hydrogens (tertiary/aromatic N) is 5. The molecule has 1 aliphatic rings. The Morgan fingerprint density at radius 2 is 1.83 bits per heavy atom. The lowest BCUT2D eigenvalue weighted by molar-refractivity contribution is -0.142. The number of thiophene rings is 1. The van der Waals surface area contributed by atoms with Crippen LogP contribution in [0.5, 0.6) is 5.88 Å². The molecule has 0 saturated carbocycles. The maximum absolute atomic E-state index is 12.2. The van der Waals surface area contributed by atoms with Gasteiger partial charge in [0.25, 0.3) is 0 Å². The number of carbonyl (C=O) groups is 1. The van der Waals surface area contributed by atoms with E-state index in [1.165, 1.54) is 4.88 Å². The van der Waals surface area contributed by atoms with E-state index in [1.807, 2.05) is 60.9 Å². The van der Waals surface area contributed by atoms with Crippen LogP contribution >= 0.6 is 11.3 Å². The van der Waals surface area contributed by atoms with E-state index in [0.717, 1.165) is 38.7 Å². The minimum atomic E-state index is -0.893. The Hall–Kier alpha value is -3.85. The minimum absolute atomic E-state index is 0.425. The molecule has 2 atom stereocenters. The fourth-order valence-corrected chi connectivity index (χ4v) is 5.85. The van der Waals surface area contributed by atoms with Crippen LogP contribution in [0.15, 0.2) is 47.5 Å². The normalized spacial score (nSPS) is 15.5. The Labute approximate surface area is 213 Å². The van der Waals surface area contributed by atoms with Crippen molar-refractivity contribution < 1.29 is 14.6 Å². The smallest absolute Gasteiger partial charge is 0.309 e. The molecule has 0 amide bonds. The van der Waals surface area contributed by atoms with E-state index in [-0.39, 0.29) is 0 Å². The number of pyridine rings is 1. The van der Waals surface area contributed by atoms with Gasteiger partial charge in [-0.3, -0.25) is 14.4 Å². The summed E-state index contributed by atoms with van der Waals surface area (Å²) in [6.45, 7) is 7.94. The van der Waals surface area contributed by atoms with Crippen LogP contribution in [0, 0.1) is 26.7 Å². The zero-order valence-electron chi connectivity index (χ0n) is 20.8. The van der Waals surface area contributed by atoms with Gasteiger partial charge >= 0.3 is 5.97 Å². The number of carboxylic acids is 1. The largest absolute Gasteiger partial charge is 0.481 e. The lowest BCUT2D eigenvalue weighted by Crippen LogP contribution is -2.23. The first-order valence-corrected chi connectivity index (χ1v) is 12.6. The van der Waals surface area contributed by atoms with Crippen LogP contribution in [-0.4, -0.2) is 43.6 Å². The second kappa shape index (κ2) is 9.31. The van der Waals surface area contributed by atoms with Crippen LogP contribution in [-0.2, 0) is 4.79 Å². The number of hydrogen-bond acceptors (Lipinski definition) is 7. The lowest BCUT2D eigenvalue weighted by atomic mass is 9.95. The van der Waals surface area contributed by atoms with Gasteiger partial charge in [0.15, 0.2) is 5.82 Å². The summed E-state index contributed by atoms with van der Waals surface area (Å²) in [5.74, 6) is 0.220. The summed E-state index contributed by atoms with van der Waals surface area (Å²) < 4.78 is 7.26. The van der Waals surface area contributed by atoms with Crippen molar-refractivity contribution in [2.45, 2.75) is 40.2 Å². The monoisotopic (exact) mass is 501 g/mol. The molecule has 4 aromatic rings. The van der Waals surface area contributed by atoms with Crippen molar-refractivity contribution in [3.05, 3.63) is 75.7 Å². The second-order valence-electron chi connectivity index (χ2n) is 8.82. The molecule has 1 unspecified atom stereocenters. The average Bonchev–Trinajstić information content (AvgIpc) is 3.35. The SMILES string of the molecule is CC[C@H](C(=O)O)C1N=C(c2ccc(-c3cccc(OC)n3)cc2)c2c(sc(C)c2C)-n2c(C)nnc21. The second-order valence-corrected chi connectivity index (χ2v) is 10.0. The molecule has 0 spiro atoms. The molecule has 0 fully saturated rings. The predicted molar refractivity (Wildman–Crippen MR) is 139 cm³/mol. The van der Waals surface area contributed by atoms with Gasteiger partial charge in [-0.05, 0) is 38.8 Å². The van der Waals surface area contributed by atoms with Gasteiger partial charge in [0.2, 0.25) is 5.88 Å². The maximum Gasteiger partial charge on any atom is 0.309 e. The van der Waals surface area contributed by atoms with Crippen LogP contribution < -0.4 is 4.74 Å². The van der Waals surface area contributed by atoms with Crippen LogP contribution in [0.3, 0.4) is 0 Å². The van der Waals surface area contributed by atoms with Crippen molar-refractivity contribution in [1.29, 1.82) is 0 Å². The van der Waals surface area contributed by atoms with Gasteiger partial charge < -0.3 is 9.84 Å². The van der Waals surface area contributed by atoms with Gasteiger partial charge in [0, 0.05) is 27.6 Å². The van der Waals surface area contributed by atoms with Gasteiger partial charge in [-0.1, -0.05) is 37.3 Å². The molecule has 0 aliphatic carbocycles. The first-order chi connectivity index (χ1) is 17.3. The zero-order valence-corrected chi connectivity index (χ0v) is 21.6. The van der Waals surface area contributed by atoms with Crippen LogP contribution in [0.1, 0.15) is 52.6 Å². The first kappa shape index (κ1) is 23.9. The van der Waals surface area contributed by atoms with E-state index < -0.39 is 17.9 Å². The van der Waals surface area contributed by atoms with Crippen molar-refractivity contribution in [3.8, 4) is 22.1 Å². The number of benzene rings is 1. The van der Waals surface area contributed by atoms with E-state index in [0.29, 0.717) is 23.9 Å². The number of aromatic nitrogens is 4. The molecular weight excluding hydrogens is 474 g/mol. The molecule has 5 rings (SSSR count). The van der Waals surface area contributed by atoms with Gasteiger partial charge in [0.1, 0.15) is 16.9 Å². The third-order valence-electron chi connectivity index (χ3n) is 6.71. The molecular formula is C27H27N5O3S. The number of carboxylic acid groups (broad SMARTS) is 1. The average molecular weight is 502 g/mol. The van der Waals surface area contributed by atoms with E-state index in [2.05, 4.69) is 29.0 Å². The molecule has 1 aliphatic heterocycles. The molecule has 36 heavy (non-hydrogen) atoms. The van der Waals surface area contributed by atoms with Crippen LogP contribution in [0.2, 0.25) is 0 Å². The quantitative estimate of drug-likeness (QED) is 0.383. The molecule has 184 valence electrons. The molecule has 3 aromatic heterocycles. The van der Waals surface area contributed by atoms with E-state index in [9.17, 15) is 9.90 Å². The molecule has 1 aromatic carbocycles. The van der Waals surface area contributed by atoms with Crippen molar-refractivity contribution >= 4 is 23.0 Å². The number of aryl methyl sites for hydroxylation is 2. The third-order valence-corrected chi connectivity index (χ3v) is 7.91. The molecule has 4 heterocycles. The fourth-order valence-electron chi connectivity index (χ4n) is 4.64. The fraction of sp³-hybridized carbons (Fsp3) is 0.296. The highest BCUT2D eigenvalue weighted by Gasteiger charge is 2.37. The number of aliphatic imine (C=N–C) groups is 1. The predicted octanol–water partition coefficient (Wildman–Crippen LogP) is 5.33. The maximum atomic E-state index is 12.2. The summed E-state index contributed by atoms with van der Waals surface area (Å²) in [5.41, 5.74) is 5.56. The molecule has 8 nitrogen and oxygen atoms in total.